The summed E-state index contributed by atoms with van der Waals surface area (Å²) in [5, 5.41) is 16.7. The molecule has 1 heterocycles. The van der Waals surface area contributed by atoms with E-state index in [4.69, 9.17) is 0 Å². The van der Waals surface area contributed by atoms with Crippen molar-refractivity contribution in [3.8, 4) is 5.69 Å². The molecule has 2 aliphatic rings. The largest absolute Gasteiger partial charge is 0.481 e. The molecule has 0 aliphatic heterocycles. The van der Waals surface area contributed by atoms with Gasteiger partial charge in [-0.05, 0) is 36.0 Å². The SMILES string of the molecule is O=C(O)C1C2C=CC(C2)C1C(=O)NCc1ccccc1-n1cccn1. The number of fused-ring (bicyclic) bond motifs is 2. The summed E-state index contributed by atoms with van der Waals surface area (Å²) >= 11 is 0. The first-order chi connectivity index (χ1) is 12.1. The molecule has 4 atom stereocenters. The normalized spacial score (nSPS) is 26.7. The second-order valence-electron chi connectivity index (χ2n) is 6.64. The molecule has 6 nitrogen and oxygen atoms in total. The van der Waals surface area contributed by atoms with Crippen molar-refractivity contribution >= 4 is 11.9 Å². The van der Waals surface area contributed by atoms with Crippen molar-refractivity contribution in [2.24, 2.45) is 23.7 Å². The second kappa shape index (κ2) is 6.20. The third-order valence-electron chi connectivity index (χ3n) is 5.24. The van der Waals surface area contributed by atoms with Gasteiger partial charge in [0.15, 0.2) is 0 Å². The number of para-hydroxylation sites is 1. The molecule has 1 fully saturated rings. The van der Waals surface area contributed by atoms with E-state index in [2.05, 4.69) is 10.4 Å². The predicted octanol–water partition coefficient (Wildman–Crippen LogP) is 2.01. The summed E-state index contributed by atoms with van der Waals surface area (Å²) < 4.78 is 1.75. The van der Waals surface area contributed by atoms with Crippen LogP contribution in [0.5, 0.6) is 0 Å². The van der Waals surface area contributed by atoms with Gasteiger partial charge in [0.25, 0.3) is 0 Å². The average Bonchev–Trinajstić information content (AvgIpc) is 3.35. The first-order valence-electron chi connectivity index (χ1n) is 8.42. The number of carboxylic acid groups (broad SMARTS) is 1. The van der Waals surface area contributed by atoms with Gasteiger partial charge < -0.3 is 10.4 Å². The molecule has 6 heteroatoms. The van der Waals surface area contributed by atoms with E-state index >= 15 is 0 Å². The summed E-state index contributed by atoms with van der Waals surface area (Å²) in [4.78, 5) is 24.3. The summed E-state index contributed by atoms with van der Waals surface area (Å²) in [5.41, 5.74) is 1.83. The Balaban J connectivity index is 1.50. The molecule has 25 heavy (non-hydrogen) atoms. The molecule has 0 radical (unpaired) electrons. The highest BCUT2D eigenvalue weighted by Gasteiger charge is 2.51. The number of nitrogens with one attached hydrogen (secondary N) is 1. The third kappa shape index (κ3) is 2.73. The summed E-state index contributed by atoms with van der Waals surface area (Å²) in [6.07, 6.45) is 8.25. The van der Waals surface area contributed by atoms with Crippen LogP contribution in [0.3, 0.4) is 0 Å². The molecule has 128 valence electrons. The van der Waals surface area contributed by atoms with Gasteiger partial charge in [-0.1, -0.05) is 30.4 Å². The Morgan fingerprint density at radius 3 is 2.64 bits per heavy atom. The lowest BCUT2D eigenvalue weighted by Crippen LogP contribution is -2.40. The molecule has 1 aromatic carbocycles. The maximum Gasteiger partial charge on any atom is 0.307 e. The van der Waals surface area contributed by atoms with E-state index in [1.54, 1.807) is 10.9 Å². The van der Waals surface area contributed by atoms with Gasteiger partial charge in [0.05, 0.1) is 17.5 Å². The zero-order valence-electron chi connectivity index (χ0n) is 13.6. The van der Waals surface area contributed by atoms with E-state index in [1.165, 1.54) is 0 Å². The molecule has 1 aromatic heterocycles. The van der Waals surface area contributed by atoms with Gasteiger partial charge in [0.2, 0.25) is 5.91 Å². The lowest BCUT2D eigenvalue weighted by molar-refractivity contribution is -0.147. The number of carbonyl (C=O) groups is 2. The summed E-state index contributed by atoms with van der Waals surface area (Å²) in [7, 11) is 0. The monoisotopic (exact) mass is 337 g/mol. The van der Waals surface area contributed by atoms with Crippen molar-refractivity contribution < 1.29 is 14.7 Å². The maximum absolute atomic E-state index is 12.7. The number of carboxylic acids is 1. The lowest BCUT2D eigenvalue weighted by Gasteiger charge is -2.24. The predicted molar refractivity (Wildman–Crippen MR) is 90.8 cm³/mol. The summed E-state index contributed by atoms with van der Waals surface area (Å²) in [6, 6.07) is 9.55. The zero-order valence-corrected chi connectivity index (χ0v) is 13.6. The Bertz CT molecular complexity index is 828. The first-order valence-corrected chi connectivity index (χ1v) is 8.42. The van der Waals surface area contributed by atoms with Gasteiger partial charge >= 0.3 is 5.97 Å². The van der Waals surface area contributed by atoms with Gasteiger partial charge in [-0.15, -0.1) is 0 Å². The Kier molecular flexibility index (Phi) is 3.87. The number of carbonyl (C=O) groups excluding carboxylic acids is 1. The van der Waals surface area contributed by atoms with E-state index in [9.17, 15) is 14.7 Å². The molecule has 0 spiro atoms. The minimum Gasteiger partial charge on any atom is -0.481 e. The van der Waals surface area contributed by atoms with E-state index in [-0.39, 0.29) is 17.7 Å². The Hall–Kier alpha value is -2.89. The lowest BCUT2D eigenvalue weighted by atomic mass is 9.82. The molecule has 4 rings (SSSR count). The van der Waals surface area contributed by atoms with E-state index < -0.39 is 17.8 Å². The maximum atomic E-state index is 12.7. The Labute approximate surface area is 145 Å². The van der Waals surface area contributed by atoms with Crippen LogP contribution in [0.2, 0.25) is 0 Å². The number of amides is 1. The number of allylic oxidation sites excluding steroid dienone is 2. The van der Waals surface area contributed by atoms with E-state index in [0.717, 1.165) is 17.7 Å². The molecule has 2 aromatic rings. The van der Waals surface area contributed by atoms with Crippen molar-refractivity contribution in [2.75, 3.05) is 0 Å². The van der Waals surface area contributed by atoms with Crippen LogP contribution in [0.1, 0.15) is 12.0 Å². The number of nitrogens with zero attached hydrogens (tertiary/aromatic N) is 2. The number of rotatable bonds is 5. The van der Waals surface area contributed by atoms with Crippen LogP contribution in [-0.2, 0) is 16.1 Å². The van der Waals surface area contributed by atoms with Crippen LogP contribution in [0.4, 0.5) is 0 Å². The summed E-state index contributed by atoms with van der Waals surface area (Å²) in [6.45, 7) is 0.346. The van der Waals surface area contributed by atoms with Crippen molar-refractivity contribution in [1.29, 1.82) is 0 Å². The van der Waals surface area contributed by atoms with Gasteiger partial charge in [-0.2, -0.15) is 5.10 Å². The molecule has 4 unspecified atom stereocenters. The highest BCUT2D eigenvalue weighted by molar-refractivity contribution is 5.86. The van der Waals surface area contributed by atoms with Crippen molar-refractivity contribution in [2.45, 2.75) is 13.0 Å². The Morgan fingerprint density at radius 1 is 1.16 bits per heavy atom. The fraction of sp³-hybridized carbons (Fsp3) is 0.316. The summed E-state index contributed by atoms with van der Waals surface area (Å²) in [5.74, 6) is -2.14. The highest BCUT2D eigenvalue weighted by atomic mass is 16.4. The van der Waals surface area contributed by atoms with Crippen LogP contribution in [0.15, 0.2) is 54.9 Å². The fourth-order valence-electron chi connectivity index (χ4n) is 4.11. The molecular formula is C19H19N3O3. The highest BCUT2D eigenvalue weighted by Crippen LogP contribution is 2.48. The van der Waals surface area contributed by atoms with Crippen LogP contribution in [0, 0.1) is 23.7 Å². The number of hydrogen-bond acceptors (Lipinski definition) is 3. The topological polar surface area (TPSA) is 84.2 Å². The standard InChI is InChI=1S/C19H19N3O3/c23-18(16-12-6-7-13(10-12)17(16)19(24)25)20-11-14-4-1-2-5-15(14)22-9-3-8-21-22/h1-9,12-13,16-17H,10-11H2,(H,20,23)(H,24,25). The Morgan fingerprint density at radius 2 is 1.92 bits per heavy atom. The molecule has 2 aliphatic carbocycles. The van der Waals surface area contributed by atoms with E-state index in [0.29, 0.717) is 6.54 Å². The molecule has 1 amide bonds. The smallest absolute Gasteiger partial charge is 0.307 e. The molecule has 0 saturated heterocycles. The van der Waals surface area contributed by atoms with Gasteiger partial charge in [-0.3, -0.25) is 9.59 Å². The minimum atomic E-state index is -0.881. The van der Waals surface area contributed by atoms with Crippen molar-refractivity contribution in [3.63, 3.8) is 0 Å². The fourth-order valence-corrected chi connectivity index (χ4v) is 4.11. The number of aliphatic carboxylic acids is 1. The van der Waals surface area contributed by atoms with Crippen molar-refractivity contribution in [1.82, 2.24) is 15.1 Å². The number of hydrogen-bond donors (Lipinski definition) is 2. The van der Waals surface area contributed by atoms with Crippen LogP contribution < -0.4 is 5.32 Å². The second-order valence-corrected chi connectivity index (χ2v) is 6.64. The molecule has 2 bridgehead atoms. The number of aromatic nitrogens is 2. The minimum absolute atomic E-state index is 0.0189. The van der Waals surface area contributed by atoms with Crippen LogP contribution in [-0.4, -0.2) is 26.8 Å². The van der Waals surface area contributed by atoms with Gasteiger partial charge in [0.1, 0.15) is 0 Å². The average molecular weight is 337 g/mol. The quantitative estimate of drug-likeness (QED) is 0.818. The third-order valence-corrected chi connectivity index (χ3v) is 5.24. The molecule has 1 saturated carbocycles. The molecule has 2 N–H and O–H groups in total. The van der Waals surface area contributed by atoms with Gasteiger partial charge in [0, 0.05) is 18.9 Å². The number of benzene rings is 1. The molecular weight excluding hydrogens is 318 g/mol. The van der Waals surface area contributed by atoms with E-state index in [1.807, 2.05) is 48.7 Å². The first kappa shape index (κ1) is 15.6. The zero-order chi connectivity index (χ0) is 17.4. The van der Waals surface area contributed by atoms with Gasteiger partial charge in [-0.25, -0.2) is 4.68 Å². The van der Waals surface area contributed by atoms with Crippen LogP contribution in [0.25, 0.3) is 5.69 Å². The van der Waals surface area contributed by atoms with Crippen molar-refractivity contribution in [3.05, 3.63) is 60.4 Å². The van der Waals surface area contributed by atoms with Crippen LogP contribution >= 0.6 is 0 Å².